The summed E-state index contributed by atoms with van der Waals surface area (Å²) in [6.45, 7) is 0. The largest absolute Gasteiger partial charge is 1.00 e. The second-order valence-electron chi connectivity index (χ2n) is 3.37. The molecule has 2 rings (SSSR count). The average Bonchev–Trinajstić information content (AvgIpc) is 2.29. The maximum absolute atomic E-state index is 10.8. The van der Waals surface area contributed by atoms with Gasteiger partial charge in [-0.2, -0.15) is 8.42 Å². The zero-order valence-electron chi connectivity index (χ0n) is 9.37. The van der Waals surface area contributed by atoms with Gasteiger partial charge in [-0.05, 0) is 23.3 Å². The first-order chi connectivity index (χ1) is 7.57. The SMILES string of the molecule is O=S(=O)(O)c1ccc(-c2ccccc2)cc1.[Na+]. The van der Waals surface area contributed by atoms with Crippen molar-refractivity contribution in [1.82, 2.24) is 0 Å². The molecule has 2 aromatic rings. The average molecular weight is 257 g/mol. The van der Waals surface area contributed by atoms with Crippen molar-refractivity contribution in [3.8, 4) is 11.1 Å². The Kier molecular flexibility index (Phi) is 4.91. The topological polar surface area (TPSA) is 54.4 Å². The standard InChI is InChI=1S/C12H10O3S.Na/c13-16(14,15)12-8-6-11(7-9-12)10-4-2-1-3-5-10;/h1-9H,(H,13,14,15);/q;+1. The Bertz CT molecular complexity index is 577. The molecule has 0 heterocycles. The molecule has 0 bridgehead atoms. The molecule has 1 N–H and O–H groups in total. The van der Waals surface area contributed by atoms with Crippen LogP contribution in [0.25, 0.3) is 11.1 Å². The monoisotopic (exact) mass is 257 g/mol. The fourth-order valence-electron chi connectivity index (χ4n) is 1.45. The summed E-state index contributed by atoms with van der Waals surface area (Å²) in [5.74, 6) is 0. The fraction of sp³-hybridized carbons (Fsp3) is 0. The van der Waals surface area contributed by atoms with Gasteiger partial charge in [-0.15, -0.1) is 0 Å². The van der Waals surface area contributed by atoms with E-state index >= 15 is 0 Å². The molecule has 82 valence electrons. The van der Waals surface area contributed by atoms with Gasteiger partial charge in [0.05, 0.1) is 4.90 Å². The molecule has 0 saturated heterocycles. The number of hydrogen-bond donors (Lipinski definition) is 1. The van der Waals surface area contributed by atoms with Crippen molar-refractivity contribution >= 4 is 10.1 Å². The second-order valence-corrected chi connectivity index (χ2v) is 4.79. The molecular formula is C12H10NaO3S+. The summed E-state index contributed by atoms with van der Waals surface area (Å²) in [5, 5.41) is 0. The van der Waals surface area contributed by atoms with Gasteiger partial charge in [0.15, 0.2) is 0 Å². The van der Waals surface area contributed by atoms with E-state index < -0.39 is 10.1 Å². The first kappa shape index (κ1) is 14.4. The number of benzene rings is 2. The molecule has 0 aliphatic rings. The summed E-state index contributed by atoms with van der Waals surface area (Å²) in [6.07, 6.45) is 0. The van der Waals surface area contributed by atoms with Gasteiger partial charge < -0.3 is 0 Å². The molecule has 0 aliphatic carbocycles. The molecular weight excluding hydrogens is 247 g/mol. The van der Waals surface area contributed by atoms with Crippen LogP contribution in [0.15, 0.2) is 59.5 Å². The van der Waals surface area contributed by atoms with Crippen molar-refractivity contribution in [1.29, 1.82) is 0 Å². The molecule has 0 saturated carbocycles. The molecule has 0 amide bonds. The third kappa shape index (κ3) is 3.66. The van der Waals surface area contributed by atoms with Gasteiger partial charge in [-0.1, -0.05) is 42.5 Å². The maximum atomic E-state index is 10.8. The van der Waals surface area contributed by atoms with Crippen LogP contribution in [0.1, 0.15) is 0 Å². The van der Waals surface area contributed by atoms with Crippen molar-refractivity contribution in [3.05, 3.63) is 54.6 Å². The first-order valence-corrected chi connectivity index (χ1v) is 6.14. The van der Waals surface area contributed by atoms with E-state index in [1.54, 1.807) is 12.1 Å². The van der Waals surface area contributed by atoms with Gasteiger partial charge in [0.1, 0.15) is 0 Å². The van der Waals surface area contributed by atoms with E-state index in [1.165, 1.54) is 12.1 Å². The number of hydrogen-bond acceptors (Lipinski definition) is 2. The third-order valence-electron chi connectivity index (χ3n) is 2.26. The maximum Gasteiger partial charge on any atom is 1.00 e. The zero-order chi connectivity index (χ0) is 11.6. The van der Waals surface area contributed by atoms with E-state index in [9.17, 15) is 8.42 Å². The van der Waals surface area contributed by atoms with E-state index in [-0.39, 0.29) is 34.5 Å². The molecule has 0 aliphatic heterocycles. The molecule has 5 heteroatoms. The fourth-order valence-corrected chi connectivity index (χ4v) is 1.93. The minimum atomic E-state index is -4.10. The van der Waals surface area contributed by atoms with Crippen molar-refractivity contribution in [3.63, 3.8) is 0 Å². The zero-order valence-corrected chi connectivity index (χ0v) is 12.2. The number of rotatable bonds is 2. The Morgan fingerprint density at radius 3 is 1.71 bits per heavy atom. The molecule has 0 aromatic heterocycles. The van der Waals surface area contributed by atoms with Crippen molar-refractivity contribution in [2.24, 2.45) is 0 Å². The summed E-state index contributed by atoms with van der Waals surface area (Å²) in [6, 6.07) is 15.7. The summed E-state index contributed by atoms with van der Waals surface area (Å²) >= 11 is 0. The van der Waals surface area contributed by atoms with Gasteiger partial charge in [0.2, 0.25) is 0 Å². The van der Waals surface area contributed by atoms with Gasteiger partial charge in [0, 0.05) is 0 Å². The van der Waals surface area contributed by atoms with Crippen molar-refractivity contribution in [2.75, 3.05) is 0 Å². The Hall–Kier alpha value is -0.650. The molecule has 2 aromatic carbocycles. The van der Waals surface area contributed by atoms with Crippen LogP contribution < -0.4 is 29.6 Å². The molecule has 0 unspecified atom stereocenters. The van der Waals surface area contributed by atoms with E-state index in [4.69, 9.17) is 4.55 Å². The smallest absolute Gasteiger partial charge is 0.282 e. The van der Waals surface area contributed by atoms with Crippen LogP contribution in [0, 0.1) is 0 Å². The van der Waals surface area contributed by atoms with Crippen molar-refractivity contribution in [2.45, 2.75) is 4.90 Å². The first-order valence-electron chi connectivity index (χ1n) is 4.70. The van der Waals surface area contributed by atoms with E-state index in [1.807, 2.05) is 30.3 Å². The van der Waals surface area contributed by atoms with Gasteiger partial charge in [-0.25, -0.2) is 0 Å². The quantitative estimate of drug-likeness (QED) is 0.588. The minimum absolute atomic E-state index is 0. The summed E-state index contributed by atoms with van der Waals surface area (Å²) in [4.78, 5) is -0.0906. The molecule has 0 fully saturated rings. The third-order valence-corrected chi connectivity index (χ3v) is 3.13. The molecule has 0 radical (unpaired) electrons. The summed E-state index contributed by atoms with van der Waals surface area (Å²) < 4.78 is 30.5. The van der Waals surface area contributed by atoms with Crippen LogP contribution in [0.2, 0.25) is 0 Å². The van der Waals surface area contributed by atoms with Gasteiger partial charge in [0.25, 0.3) is 10.1 Å². The van der Waals surface area contributed by atoms with Crippen LogP contribution in [-0.4, -0.2) is 13.0 Å². The molecule has 0 atom stereocenters. The normalized spacial score (nSPS) is 10.6. The Balaban J connectivity index is 0.00000144. The molecule has 0 spiro atoms. The van der Waals surface area contributed by atoms with Crippen molar-refractivity contribution < 1.29 is 42.5 Å². The Labute approximate surface area is 123 Å². The second kappa shape index (κ2) is 5.80. The molecule has 3 nitrogen and oxygen atoms in total. The van der Waals surface area contributed by atoms with E-state index in [0.29, 0.717) is 0 Å². The Morgan fingerprint density at radius 1 is 0.765 bits per heavy atom. The van der Waals surface area contributed by atoms with Crippen LogP contribution in [0.3, 0.4) is 0 Å². The van der Waals surface area contributed by atoms with Gasteiger partial charge >= 0.3 is 29.6 Å². The van der Waals surface area contributed by atoms with Crippen LogP contribution in [0.5, 0.6) is 0 Å². The molecule has 17 heavy (non-hydrogen) atoms. The summed E-state index contributed by atoms with van der Waals surface area (Å²) in [7, 11) is -4.10. The van der Waals surface area contributed by atoms with Crippen LogP contribution in [0.4, 0.5) is 0 Å². The van der Waals surface area contributed by atoms with Crippen LogP contribution in [-0.2, 0) is 10.1 Å². The minimum Gasteiger partial charge on any atom is -0.282 e. The van der Waals surface area contributed by atoms with Crippen LogP contribution >= 0.6 is 0 Å². The van der Waals surface area contributed by atoms with E-state index in [2.05, 4.69) is 0 Å². The Morgan fingerprint density at radius 2 is 1.24 bits per heavy atom. The van der Waals surface area contributed by atoms with E-state index in [0.717, 1.165) is 11.1 Å². The summed E-state index contributed by atoms with van der Waals surface area (Å²) in [5.41, 5.74) is 1.91. The predicted molar refractivity (Wildman–Crippen MR) is 61.7 cm³/mol. The van der Waals surface area contributed by atoms with Gasteiger partial charge in [-0.3, -0.25) is 4.55 Å². The predicted octanol–water partition coefficient (Wildman–Crippen LogP) is -0.396.